The Balaban J connectivity index is 2.49. The van der Waals surface area contributed by atoms with Crippen LogP contribution in [-0.2, 0) is 63.2 Å². The maximum absolute atomic E-state index is 11.5. The van der Waals surface area contributed by atoms with Crippen LogP contribution in [0.1, 0.15) is 6.92 Å². The number of carboxylic acid groups (broad SMARTS) is 1. The zero-order valence-electron chi connectivity index (χ0n) is 18.5. The molecule has 0 spiro atoms. The zero-order valence-corrected chi connectivity index (χ0v) is 21.0. The Morgan fingerprint density at radius 2 is 1.54 bits per heavy atom. The smallest absolute Gasteiger partial charge is 0.218 e. The molecule has 23 heteroatoms. The van der Waals surface area contributed by atoms with E-state index in [1.54, 1.807) is 0 Å². The Morgan fingerprint density at radius 3 is 2.00 bits per heavy atom. The lowest BCUT2D eigenvalue weighted by Gasteiger charge is -2.48. The molecule has 10 atom stereocenters. The number of rotatable bonds is 11. The van der Waals surface area contributed by atoms with Crippen LogP contribution in [0, 0.1) is 0 Å². The van der Waals surface area contributed by atoms with Gasteiger partial charge in [-0.3, -0.25) is 8.37 Å². The first kappa shape index (κ1) is 32.1. The highest BCUT2D eigenvalue weighted by Gasteiger charge is 2.52. The summed E-state index contributed by atoms with van der Waals surface area (Å²) in [6, 6.07) is -1.83. The topological polar surface area (TPSA) is 320 Å². The van der Waals surface area contributed by atoms with Gasteiger partial charge in [0, 0.05) is 7.11 Å². The number of carbonyl (C=O) groups is 1. The summed E-state index contributed by atoms with van der Waals surface area (Å²) in [5.41, 5.74) is 0. The van der Waals surface area contributed by atoms with Crippen molar-refractivity contribution in [3.63, 3.8) is 0 Å². The van der Waals surface area contributed by atoms with Crippen LogP contribution in [0.2, 0.25) is 0 Å². The van der Waals surface area contributed by atoms with Crippen molar-refractivity contribution in [2.45, 2.75) is 68.1 Å². The van der Waals surface area contributed by atoms with E-state index in [9.17, 15) is 59.0 Å². The minimum Gasteiger partial charge on any atom is -0.735 e. The Morgan fingerprint density at radius 1 is 0.946 bits per heavy atom. The Hall–Kier alpha value is -1.16. The van der Waals surface area contributed by atoms with Crippen molar-refractivity contribution in [2.75, 3.05) is 13.7 Å². The Bertz CT molecular complexity index is 1120. The summed E-state index contributed by atoms with van der Waals surface area (Å²) >= 11 is 0. The molecule has 2 heterocycles. The van der Waals surface area contributed by atoms with Gasteiger partial charge >= 0.3 is 0 Å². The maximum atomic E-state index is 11.5. The molecule has 37 heavy (non-hydrogen) atoms. The number of nitrogens with one attached hydrogen (secondary N) is 1. The van der Waals surface area contributed by atoms with Crippen LogP contribution in [0.25, 0.3) is 0 Å². The molecule has 2 aliphatic heterocycles. The summed E-state index contributed by atoms with van der Waals surface area (Å²) < 4.78 is 130. The molecule has 218 valence electrons. The molecule has 20 nitrogen and oxygen atoms in total. The largest absolute Gasteiger partial charge is 0.735 e. The fourth-order valence-electron chi connectivity index (χ4n) is 3.71. The SMILES string of the molecule is CO[C@@H]1C(C(=O)[O-])O[C@@H](O[C@@H]2C(COS(=O)(=O)[O-])O[C@H](C)C(NS(=O)(=O)[O-])[C@H]2O)C(OS(=O)(=O)[O-])[C@H]1O. The standard InChI is InChI=1S/C14H25NO19S3/c1-4-6(15-35(20,21)22)7(16)9(5(31-4)3-30-36(23,24)25)32-14-11(34-37(26,27)28)8(17)10(29-2)12(33-14)13(18)19/h4-12,14-17H,3H2,1-2H3,(H,18,19)(H,20,21,22)(H,23,24,25)(H,26,27,28)/p-4/t4-,5?,6?,7-,8+,9-,10+,11?,12?,14-/m1/s1. The Kier molecular flexibility index (Phi) is 10.3. The van der Waals surface area contributed by atoms with Gasteiger partial charge in [-0.25, -0.2) is 30.0 Å². The van der Waals surface area contributed by atoms with Crippen LogP contribution >= 0.6 is 0 Å². The van der Waals surface area contributed by atoms with Crippen LogP contribution < -0.4 is 9.83 Å². The third kappa shape index (κ3) is 8.94. The number of hydrogen-bond donors (Lipinski definition) is 3. The quantitative estimate of drug-likeness (QED) is 0.146. The number of aliphatic hydroxyl groups is 2. The van der Waals surface area contributed by atoms with Gasteiger partial charge in [-0.05, 0) is 6.92 Å². The van der Waals surface area contributed by atoms with Gasteiger partial charge in [0.25, 0.3) is 0 Å². The number of carbonyl (C=O) groups excluding carboxylic acids is 1. The number of carboxylic acids is 1. The van der Waals surface area contributed by atoms with Crippen LogP contribution in [-0.4, -0.2) is 130 Å². The molecular weight excluding hydrogens is 582 g/mol. The summed E-state index contributed by atoms with van der Waals surface area (Å²) in [4.78, 5) is 11.5. The number of aliphatic carboxylic acids is 1. The van der Waals surface area contributed by atoms with Gasteiger partial charge in [-0.1, -0.05) is 0 Å². The summed E-state index contributed by atoms with van der Waals surface area (Å²) in [6.45, 7) is -0.104. The number of ether oxygens (including phenoxy) is 4. The molecule has 0 aromatic heterocycles. The molecule has 0 aromatic carbocycles. The van der Waals surface area contributed by atoms with E-state index in [1.807, 2.05) is 0 Å². The predicted molar refractivity (Wildman–Crippen MR) is 103 cm³/mol. The van der Waals surface area contributed by atoms with E-state index in [0.717, 1.165) is 14.0 Å². The molecular formula is C14H21NO19S3-4. The van der Waals surface area contributed by atoms with E-state index >= 15 is 0 Å². The monoisotopic (exact) mass is 603 g/mol. The highest BCUT2D eigenvalue weighted by atomic mass is 32.3. The zero-order chi connectivity index (χ0) is 28.5. The van der Waals surface area contributed by atoms with Crippen molar-refractivity contribution in [3.8, 4) is 0 Å². The van der Waals surface area contributed by atoms with Crippen molar-refractivity contribution in [1.29, 1.82) is 0 Å². The van der Waals surface area contributed by atoms with Gasteiger partial charge in [-0.2, -0.15) is 0 Å². The predicted octanol–water partition coefficient (Wildman–Crippen LogP) is -6.89. The van der Waals surface area contributed by atoms with E-state index in [2.05, 4.69) is 8.37 Å². The van der Waals surface area contributed by atoms with E-state index in [0.29, 0.717) is 0 Å². The maximum Gasteiger partial charge on any atom is 0.218 e. The Labute approximate surface area is 210 Å². The van der Waals surface area contributed by atoms with Crippen molar-refractivity contribution in [2.24, 2.45) is 0 Å². The summed E-state index contributed by atoms with van der Waals surface area (Å²) in [5, 5.41) is 32.6. The number of methoxy groups -OCH3 is 1. The lowest BCUT2D eigenvalue weighted by Crippen LogP contribution is -2.68. The molecule has 0 radical (unpaired) electrons. The molecule has 0 aromatic rings. The van der Waals surface area contributed by atoms with Gasteiger partial charge in [0.1, 0.15) is 36.6 Å². The molecule has 0 saturated carbocycles. The van der Waals surface area contributed by atoms with Gasteiger partial charge in [0.2, 0.25) is 20.8 Å². The minimum absolute atomic E-state index is 0.869. The van der Waals surface area contributed by atoms with Crippen LogP contribution in [0.3, 0.4) is 0 Å². The minimum atomic E-state index is -5.66. The molecule has 0 amide bonds. The molecule has 2 aliphatic rings. The fraction of sp³-hybridized carbons (Fsp3) is 0.929. The molecule has 0 bridgehead atoms. The molecule has 2 rings (SSSR count). The van der Waals surface area contributed by atoms with Gasteiger partial charge in [0.15, 0.2) is 22.7 Å². The second-order valence-electron chi connectivity index (χ2n) is 7.67. The lowest BCUT2D eigenvalue weighted by atomic mass is 9.93. The van der Waals surface area contributed by atoms with E-state index < -0.39 is 105 Å². The third-order valence-electron chi connectivity index (χ3n) is 5.17. The van der Waals surface area contributed by atoms with Gasteiger partial charge < -0.3 is 52.7 Å². The van der Waals surface area contributed by atoms with E-state index in [4.69, 9.17) is 18.9 Å². The molecule has 2 saturated heterocycles. The molecule has 0 aliphatic carbocycles. The molecule has 3 N–H and O–H groups in total. The van der Waals surface area contributed by atoms with E-state index in [-0.39, 0.29) is 0 Å². The van der Waals surface area contributed by atoms with Crippen molar-refractivity contribution in [1.82, 2.24) is 4.72 Å². The fourth-order valence-corrected chi connectivity index (χ4v) is 5.15. The first-order valence-corrected chi connectivity index (χ1v) is 13.8. The molecule has 2 fully saturated rings. The highest BCUT2D eigenvalue weighted by Crippen LogP contribution is 2.32. The van der Waals surface area contributed by atoms with Gasteiger partial charge in [-0.15, -0.1) is 0 Å². The second-order valence-corrected chi connectivity index (χ2v) is 10.9. The van der Waals surface area contributed by atoms with E-state index in [1.165, 1.54) is 4.72 Å². The van der Waals surface area contributed by atoms with Crippen molar-refractivity contribution in [3.05, 3.63) is 0 Å². The van der Waals surface area contributed by atoms with Crippen LogP contribution in [0.5, 0.6) is 0 Å². The van der Waals surface area contributed by atoms with Gasteiger partial charge in [0.05, 0.1) is 24.7 Å². The number of hydrogen-bond acceptors (Lipinski definition) is 19. The highest BCUT2D eigenvalue weighted by molar-refractivity contribution is 7.83. The summed E-state index contributed by atoms with van der Waals surface area (Å²) in [5.74, 6) is -2.04. The second kappa shape index (κ2) is 11.9. The van der Waals surface area contributed by atoms with Crippen molar-refractivity contribution < 1.29 is 86.3 Å². The van der Waals surface area contributed by atoms with Crippen LogP contribution in [0.15, 0.2) is 0 Å². The third-order valence-corrected chi connectivity index (χ3v) is 6.61. The van der Waals surface area contributed by atoms with Crippen molar-refractivity contribution >= 4 is 37.1 Å². The summed E-state index contributed by atoms with van der Waals surface area (Å²) in [7, 11) is -15.4. The normalized spacial score (nSPS) is 37.8. The lowest BCUT2D eigenvalue weighted by molar-refractivity contribution is -0.360. The van der Waals surface area contributed by atoms with Crippen LogP contribution in [0.4, 0.5) is 0 Å². The average molecular weight is 604 g/mol. The number of aliphatic hydroxyl groups excluding tert-OH is 2. The first-order chi connectivity index (χ1) is 16.7. The first-order valence-electron chi connectivity index (χ1n) is 9.77. The molecule has 4 unspecified atom stereocenters. The summed E-state index contributed by atoms with van der Waals surface area (Å²) in [6.07, 6.45) is -18.8. The average Bonchev–Trinajstić information content (AvgIpc) is 2.71.